The van der Waals surface area contributed by atoms with E-state index < -0.39 is 0 Å². The first-order valence-corrected chi connectivity index (χ1v) is 3.35. The molecule has 0 spiro atoms. The zero-order chi connectivity index (χ0) is 8.97. The summed E-state index contributed by atoms with van der Waals surface area (Å²) in [6, 6.07) is 6.87. The van der Waals surface area contributed by atoms with Gasteiger partial charge in [0.25, 0.3) is 0 Å². The van der Waals surface area contributed by atoms with Crippen molar-refractivity contribution in [1.29, 1.82) is 5.41 Å². The van der Waals surface area contributed by atoms with Gasteiger partial charge in [0, 0.05) is 5.69 Å². The summed E-state index contributed by atoms with van der Waals surface area (Å²) in [5, 5.41) is 6.82. The fraction of sp³-hybridized carbons (Fsp3) is 0. The van der Waals surface area contributed by atoms with Crippen molar-refractivity contribution in [3.05, 3.63) is 37.3 Å². The number of guanidine groups is 1. The molecule has 5 heteroatoms. The van der Waals surface area contributed by atoms with Crippen molar-refractivity contribution in [3.63, 3.8) is 0 Å². The monoisotopic (exact) mass is 414 g/mol. The first-order chi connectivity index (χ1) is 5.72. The van der Waals surface area contributed by atoms with Crippen molar-refractivity contribution >= 4 is 17.9 Å². The number of benzene rings is 1. The maximum Gasteiger partial charge on any atom is 2.00 e. The molecule has 0 aliphatic heterocycles. The van der Waals surface area contributed by atoms with Gasteiger partial charge in [-0.25, -0.2) is 4.99 Å². The SMILES string of the molecule is N=[C-]c1ccc(N=C(N)N)cc1.[CH3-].[U+2]. The molecule has 0 aromatic heterocycles. The molecule has 0 saturated heterocycles. The van der Waals surface area contributed by atoms with E-state index >= 15 is 0 Å². The Morgan fingerprint density at radius 2 is 1.71 bits per heavy atom. The van der Waals surface area contributed by atoms with Crippen LogP contribution in [-0.2, 0) is 0 Å². The van der Waals surface area contributed by atoms with Crippen LogP contribution in [0.1, 0.15) is 5.56 Å². The third-order valence-corrected chi connectivity index (χ3v) is 1.27. The van der Waals surface area contributed by atoms with Crippen LogP contribution in [0.4, 0.5) is 5.69 Å². The van der Waals surface area contributed by atoms with E-state index in [-0.39, 0.29) is 44.5 Å². The Morgan fingerprint density at radius 3 is 2.07 bits per heavy atom. The van der Waals surface area contributed by atoms with Gasteiger partial charge in [-0.3, -0.25) is 0 Å². The number of hydrogen-bond acceptors (Lipinski definition) is 2. The van der Waals surface area contributed by atoms with Crippen LogP contribution in [0.2, 0.25) is 0 Å². The van der Waals surface area contributed by atoms with E-state index in [9.17, 15) is 0 Å². The molecule has 1 rings (SSSR count). The van der Waals surface area contributed by atoms with Crippen LogP contribution in [0, 0.1) is 43.9 Å². The molecule has 14 heavy (non-hydrogen) atoms. The Balaban J connectivity index is 0. The first kappa shape index (κ1) is 15.7. The Hall–Kier alpha value is -0.788. The van der Waals surface area contributed by atoms with Gasteiger partial charge in [0.1, 0.15) is 0 Å². The number of nitrogens with two attached hydrogens (primary N) is 2. The van der Waals surface area contributed by atoms with E-state index in [1.54, 1.807) is 24.3 Å². The fourth-order valence-electron chi connectivity index (χ4n) is 0.768. The normalized spacial score (nSPS) is 7.71. The topological polar surface area (TPSA) is 88.2 Å². The summed E-state index contributed by atoms with van der Waals surface area (Å²) < 4.78 is 0. The second-order valence-electron chi connectivity index (χ2n) is 2.21. The Morgan fingerprint density at radius 1 is 1.21 bits per heavy atom. The minimum absolute atomic E-state index is 0. The predicted molar refractivity (Wildman–Crippen MR) is 55.2 cm³/mol. The molecule has 0 aliphatic rings. The van der Waals surface area contributed by atoms with Gasteiger partial charge in [0.2, 0.25) is 0 Å². The molecule has 0 aliphatic carbocycles. The summed E-state index contributed by atoms with van der Waals surface area (Å²) in [5.74, 6) is 0.0292. The van der Waals surface area contributed by atoms with Gasteiger partial charge in [-0.2, -0.15) is 17.7 Å². The van der Waals surface area contributed by atoms with Crippen LogP contribution in [0.25, 0.3) is 0 Å². The third kappa shape index (κ3) is 5.05. The van der Waals surface area contributed by atoms with Crippen LogP contribution < -0.4 is 11.5 Å². The van der Waals surface area contributed by atoms with Crippen LogP contribution in [0.3, 0.4) is 0 Å². The van der Waals surface area contributed by atoms with Gasteiger partial charge in [-0.05, 0) is 0 Å². The Bertz CT molecular complexity index is 301. The van der Waals surface area contributed by atoms with Gasteiger partial charge in [-0.1, -0.05) is 18.3 Å². The average molecular weight is 414 g/mol. The summed E-state index contributed by atoms with van der Waals surface area (Å²) in [5.41, 5.74) is 11.7. The molecule has 4 nitrogen and oxygen atoms in total. The molecule has 0 unspecified atom stereocenters. The molecule has 5 N–H and O–H groups in total. The molecular weight excluding hydrogens is 402 g/mol. The Kier molecular flexibility index (Phi) is 8.51. The maximum absolute atomic E-state index is 6.82. The van der Waals surface area contributed by atoms with Gasteiger partial charge in [0.15, 0.2) is 5.96 Å². The minimum Gasteiger partial charge on any atom is -0.376 e. The number of rotatable bonds is 2. The van der Waals surface area contributed by atoms with Gasteiger partial charge < -0.3 is 24.3 Å². The Labute approximate surface area is 108 Å². The van der Waals surface area contributed by atoms with E-state index in [0.717, 1.165) is 0 Å². The van der Waals surface area contributed by atoms with Crippen molar-refractivity contribution in [2.24, 2.45) is 16.5 Å². The predicted octanol–water partition coefficient (Wildman–Crippen LogP) is 0.916. The zero-order valence-electron chi connectivity index (χ0n) is 7.91. The number of aliphatic imine (C=N–C) groups is 1. The number of hydrogen-bond donors (Lipinski definition) is 3. The number of nitrogens with zero attached hydrogens (tertiary/aromatic N) is 1. The smallest absolute Gasteiger partial charge is 0.376 e. The standard InChI is InChI=1S/C8H9N4.CH3.U/c9-5-6-1-3-7(4-2-6)12-8(10)11;;/h1-4,9H,(H4,10,11,12);1H3;/q2*-1;+2. The van der Waals surface area contributed by atoms with E-state index in [2.05, 4.69) is 11.2 Å². The van der Waals surface area contributed by atoms with Gasteiger partial charge >= 0.3 is 31.1 Å². The van der Waals surface area contributed by atoms with Crippen molar-refractivity contribution in [3.8, 4) is 0 Å². The molecule has 1 aromatic carbocycles. The van der Waals surface area contributed by atoms with E-state index in [1.807, 2.05) is 0 Å². The van der Waals surface area contributed by atoms with Crippen molar-refractivity contribution in [2.75, 3.05) is 0 Å². The van der Waals surface area contributed by atoms with Crippen molar-refractivity contribution < 1.29 is 31.1 Å². The third-order valence-electron chi connectivity index (χ3n) is 1.27. The van der Waals surface area contributed by atoms with Crippen molar-refractivity contribution in [2.45, 2.75) is 0 Å². The van der Waals surface area contributed by atoms with Crippen LogP contribution in [0.5, 0.6) is 0 Å². The minimum atomic E-state index is 0. The van der Waals surface area contributed by atoms with Gasteiger partial charge in [0.05, 0.1) is 0 Å². The van der Waals surface area contributed by atoms with Crippen LogP contribution in [-0.4, -0.2) is 12.2 Å². The quantitative estimate of drug-likeness (QED) is 0.382. The summed E-state index contributed by atoms with van der Waals surface area (Å²) >= 11 is 0. The molecule has 0 atom stereocenters. The second kappa shape index (κ2) is 7.60. The van der Waals surface area contributed by atoms with Crippen LogP contribution >= 0.6 is 0 Å². The van der Waals surface area contributed by atoms with E-state index in [4.69, 9.17) is 16.9 Å². The largest absolute Gasteiger partial charge is 2.00 e. The molecule has 0 amide bonds. The summed E-state index contributed by atoms with van der Waals surface area (Å²) in [4.78, 5) is 3.82. The molecule has 0 saturated carbocycles. The molecule has 0 radical (unpaired) electrons. The summed E-state index contributed by atoms with van der Waals surface area (Å²) in [6.07, 6.45) is 2.25. The van der Waals surface area contributed by atoms with Crippen LogP contribution in [0.15, 0.2) is 29.3 Å². The molecule has 1 aromatic rings. The number of nitrogens with one attached hydrogen (secondary N) is 1. The van der Waals surface area contributed by atoms with Gasteiger partial charge in [-0.15, -0.1) is 0 Å². The molecule has 72 valence electrons. The van der Waals surface area contributed by atoms with E-state index in [0.29, 0.717) is 11.3 Å². The average Bonchev–Trinajstić information content (AvgIpc) is 2.05. The molecule has 0 bridgehead atoms. The maximum atomic E-state index is 6.82. The molecule has 0 heterocycles. The zero-order valence-corrected chi connectivity index (χ0v) is 12.1. The second-order valence-corrected chi connectivity index (χ2v) is 2.21. The van der Waals surface area contributed by atoms with Crippen molar-refractivity contribution in [1.82, 2.24) is 0 Å². The summed E-state index contributed by atoms with van der Waals surface area (Å²) in [6.45, 7) is 0. The fourth-order valence-corrected chi connectivity index (χ4v) is 0.768. The van der Waals surface area contributed by atoms with E-state index in [1.165, 1.54) is 0 Å². The molecule has 0 fully saturated rings. The first-order valence-electron chi connectivity index (χ1n) is 3.35. The summed E-state index contributed by atoms with van der Waals surface area (Å²) in [7, 11) is 0. The molecular formula is C9H12N4U.